The number of hydrogen-bond acceptors (Lipinski definition) is 4. The van der Waals surface area contributed by atoms with E-state index >= 15 is 0 Å². The number of hydrogen-bond donors (Lipinski definition) is 1. The van der Waals surface area contributed by atoms with Crippen molar-refractivity contribution in [2.45, 2.75) is 13.3 Å². The fraction of sp³-hybridized carbons (Fsp3) is 0.385. The van der Waals surface area contributed by atoms with Gasteiger partial charge in [0.1, 0.15) is 0 Å². The minimum Gasteiger partial charge on any atom is -0.463 e. The summed E-state index contributed by atoms with van der Waals surface area (Å²) in [7, 11) is 0. The molecule has 0 aromatic carbocycles. The maximum atomic E-state index is 11.0. The second-order valence-electron chi connectivity index (χ2n) is 3.46. The maximum Gasteiger partial charge on any atom is 0.330 e. The van der Waals surface area contributed by atoms with Crippen molar-refractivity contribution in [2.75, 3.05) is 19.7 Å². The highest BCUT2D eigenvalue weighted by molar-refractivity contribution is 5.81. The van der Waals surface area contributed by atoms with Crippen molar-refractivity contribution in [2.24, 2.45) is 0 Å². The molecule has 0 radical (unpaired) electrons. The van der Waals surface area contributed by atoms with Crippen LogP contribution >= 0.6 is 0 Å². The molecule has 1 N–H and O–H groups in total. The van der Waals surface area contributed by atoms with Crippen LogP contribution in [0.1, 0.15) is 12.5 Å². The van der Waals surface area contributed by atoms with E-state index in [1.54, 1.807) is 25.4 Å². The molecule has 0 bridgehead atoms. The number of carbonyl (C=O) groups excluding carboxylic acids is 1. The zero-order valence-electron chi connectivity index (χ0n) is 10.1. The van der Waals surface area contributed by atoms with Crippen molar-refractivity contribution in [3.05, 3.63) is 42.2 Å². The van der Waals surface area contributed by atoms with Crippen molar-refractivity contribution >= 4 is 5.97 Å². The van der Waals surface area contributed by atoms with Crippen molar-refractivity contribution in [1.29, 1.82) is 0 Å². The van der Waals surface area contributed by atoms with Crippen LogP contribution in [0.3, 0.4) is 0 Å². The molecule has 0 spiro atoms. The van der Waals surface area contributed by atoms with E-state index < -0.39 is 0 Å². The van der Waals surface area contributed by atoms with Gasteiger partial charge in [0.15, 0.2) is 0 Å². The van der Waals surface area contributed by atoms with Gasteiger partial charge in [0.2, 0.25) is 0 Å². The van der Waals surface area contributed by atoms with Crippen molar-refractivity contribution in [3.63, 3.8) is 0 Å². The fourth-order valence-corrected chi connectivity index (χ4v) is 1.31. The van der Waals surface area contributed by atoms with Gasteiger partial charge in [-0.3, -0.25) is 4.98 Å². The second kappa shape index (κ2) is 8.47. The standard InChI is InChI=1S/C13H18N2O2/c1-2-17-13(16)4-3-8-14-9-5-12-6-10-15-11-7-12/h3-4,6-7,10-11,14H,2,5,8-9H2,1H3/b4-3+. The first kappa shape index (κ1) is 13.4. The van der Waals surface area contributed by atoms with Gasteiger partial charge >= 0.3 is 5.97 Å². The molecule has 1 rings (SSSR count). The summed E-state index contributed by atoms with van der Waals surface area (Å²) in [5, 5.41) is 3.22. The van der Waals surface area contributed by atoms with Crippen molar-refractivity contribution in [3.8, 4) is 0 Å². The van der Waals surface area contributed by atoms with Crippen LogP contribution in [0.4, 0.5) is 0 Å². The molecule has 0 aliphatic carbocycles. The summed E-state index contributed by atoms with van der Waals surface area (Å²) < 4.78 is 4.76. The van der Waals surface area contributed by atoms with E-state index in [0.717, 1.165) is 13.0 Å². The van der Waals surface area contributed by atoms with Crippen molar-refractivity contribution < 1.29 is 9.53 Å². The molecule has 0 unspecified atom stereocenters. The van der Waals surface area contributed by atoms with Crippen LogP contribution in [-0.2, 0) is 16.0 Å². The molecule has 0 saturated carbocycles. The second-order valence-corrected chi connectivity index (χ2v) is 3.46. The number of ether oxygens (including phenoxy) is 1. The molecular weight excluding hydrogens is 216 g/mol. The van der Waals surface area contributed by atoms with Gasteiger partial charge in [-0.05, 0) is 37.6 Å². The molecule has 1 heterocycles. The first-order chi connectivity index (χ1) is 8.33. The first-order valence-corrected chi connectivity index (χ1v) is 5.76. The maximum absolute atomic E-state index is 11.0. The molecule has 0 fully saturated rings. The summed E-state index contributed by atoms with van der Waals surface area (Å²) in [6.45, 7) is 3.75. The summed E-state index contributed by atoms with van der Waals surface area (Å²) in [6, 6.07) is 3.99. The van der Waals surface area contributed by atoms with E-state index in [4.69, 9.17) is 4.74 Å². The van der Waals surface area contributed by atoms with Gasteiger partial charge in [-0.15, -0.1) is 0 Å². The van der Waals surface area contributed by atoms with Crippen LogP contribution in [0.25, 0.3) is 0 Å². The summed E-state index contributed by atoms with van der Waals surface area (Å²) in [4.78, 5) is 14.9. The minimum atomic E-state index is -0.288. The topological polar surface area (TPSA) is 51.2 Å². The zero-order valence-corrected chi connectivity index (χ0v) is 10.1. The van der Waals surface area contributed by atoms with Crippen molar-refractivity contribution in [1.82, 2.24) is 10.3 Å². The van der Waals surface area contributed by atoms with Crippen LogP contribution < -0.4 is 5.32 Å². The molecule has 1 aromatic heterocycles. The van der Waals surface area contributed by atoms with E-state index in [1.807, 2.05) is 12.1 Å². The molecule has 4 nitrogen and oxygen atoms in total. The lowest BCUT2D eigenvalue weighted by atomic mass is 10.2. The third kappa shape index (κ3) is 6.48. The lowest BCUT2D eigenvalue weighted by Gasteiger charge is -2.01. The Balaban J connectivity index is 2.07. The third-order valence-corrected chi connectivity index (χ3v) is 2.14. The Morgan fingerprint density at radius 3 is 2.94 bits per heavy atom. The minimum absolute atomic E-state index is 0.288. The summed E-state index contributed by atoms with van der Waals surface area (Å²) in [6.07, 6.45) is 7.75. The van der Waals surface area contributed by atoms with Gasteiger partial charge in [-0.1, -0.05) is 6.08 Å². The fourth-order valence-electron chi connectivity index (χ4n) is 1.31. The van der Waals surface area contributed by atoms with Crippen LogP contribution in [-0.4, -0.2) is 30.6 Å². The Labute approximate surface area is 102 Å². The van der Waals surface area contributed by atoms with E-state index in [9.17, 15) is 4.79 Å². The number of nitrogens with one attached hydrogen (secondary N) is 1. The Kier molecular flexibility index (Phi) is 6.67. The highest BCUT2D eigenvalue weighted by Crippen LogP contribution is 1.95. The summed E-state index contributed by atoms with van der Waals surface area (Å²) in [5.41, 5.74) is 1.25. The predicted octanol–water partition coefficient (Wildman–Crippen LogP) is 1.33. The lowest BCUT2D eigenvalue weighted by Crippen LogP contribution is -2.17. The molecule has 0 atom stereocenters. The Bertz CT molecular complexity index is 350. The van der Waals surface area contributed by atoms with E-state index in [2.05, 4.69) is 10.3 Å². The number of aromatic nitrogens is 1. The number of nitrogens with zero attached hydrogens (tertiary/aromatic N) is 1. The van der Waals surface area contributed by atoms with Gasteiger partial charge in [0.05, 0.1) is 6.61 Å². The highest BCUT2D eigenvalue weighted by atomic mass is 16.5. The third-order valence-electron chi connectivity index (χ3n) is 2.14. The van der Waals surface area contributed by atoms with E-state index in [1.165, 1.54) is 11.6 Å². The normalized spacial score (nSPS) is 10.6. The van der Waals surface area contributed by atoms with Crippen LogP contribution in [0, 0.1) is 0 Å². The van der Waals surface area contributed by atoms with Gasteiger partial charge in [-0.25, -0.2) is 4.79 Å². The monoisotopic (exact) mass is 234 g/mol. The zero-order chi connectivity index (χ0) is 12.3. The number of rotatable bonds is 7. The van der Waals surface area contributed by atoms with Crippen LogP contribution in [0.2, 0.25) is 0 Å². The average molecular weight is 234 g/mol. The quantitative estimate of drug-likeness (QED) is 0.439. The summed E-state index contributed by atoms with van der Waals surface area (Å²) >= 11 is 0. The smallest absolute Gasteiger partial charge is 0.330 e. The Hall–Kier alpha value is -1.68. The number of esters is 1. The molecule has 0 saturated heterocycles. The Morgan fingerprint density at radius 1 is 1.47 bits per heavy atom. The van der Waals surface area contributed by atoms with Crippen LogP contribution in [0.15, 0.2) is 36.7 Å². The number of pyridine rings is 1. The Morgan fingerprint density at radius 2 is 2.24 bits per heavy atom. The largest absolute Gasteiger partial charge is 0.463 e. The molecule has 4 heteroatoms. The van der Waals surface area contributed by atoms with Gasteiger partial charge in [0, 0.05) is 25.0 Å². The van der Waals surface area contributed by atoms with Gasteiger partial charge < -0.3 is 10.1 Å². The van der Waals surface area contributed by atoms with Gasteiger partial charge in [-0.2, -0.15) is 0 Å². The highest BCUT2D eigenvalue weighted by Gasteiger charge is 1.93. The molecular formula is C13H18N2O2. The molecule has 92 valence electrons. The molecule has 0 amide bonds. The molecule has 0 aliphatic heterocycles. The van der Waals surface area contributed by atoms with Gasteiger partial charge in [0.25, 0.3) is 0 Å². The SMILES string of the molecule is CCOC(=O)/C=C/CNCCc1ccncc1. The molecule has 0 aliphatic rings. The number of carbonyl (C=O) groups is 1. The first-order valence-electron chi connectivity index (χ1n) is 5.76. The molecule has 1 aromatic rings. The van der Waals surface area contributed by atoms with E-state index in [0.29, 0.717) is 13.2 Å². The summed E-state index contributed by atoms with van der Waals surface area (Å²) in [5.74, 6) is -0.288. The lowest BCUT2D eigenvalue weighted by molar-refractivity contribution is -0.137. The van der Waals surface area contributed by atoms with E-state index in [-0.39, 0.29) is 5.97 Å². The van der Waals surface area contributed by atoms with Crippen LogP contribution in [0.5, 0.6) is 0 Å². The average Bonchev–Trinajstić information content (AvgIpc) is 2.35. The predicted molar refractivity (Wildman–Crippen MR) is 66.6 cm³/mol. The molecule has 17 heavy (non-hydrogen) atoms.